The maximum absolute atomic E-state index is 13.8. The van der Waals surface area contributed by atoms with E-state index in [1.807, 2.05) is 29.8 Å². The molecule has 0 saturated carbocycles. The second kappa shape index (κ2) is 11.9. The molecule has 7 nitrogen and oxygen atoms in total. The summed E-state index contributed by atoms with van der Waals surface area (Å²) in [6, 6.07) is 14.5. The van der Waals surface area contributed by atoms with Crippen LogP contribution in [0, 0.1) is 12.3 Å². The number of amides is 1. The number of nitrogens with zero attached hydrogens (tertiary/aromatic N) is 2. The van der Waals surface area contributed by atoms with Gasteiger partial charge in [0.1, 0.15) is 0 Å². The fourth-order valence-corrected chi connectivity index (χ4v) is 7.81. The second-order valence-electron chi connectivity index (χ2n) is 12.6. The zero-order valence-corrected chi connectivity index (χ0v) is 26.0. The number of halogens is 1. The van der Waals surface area contributed by atoms with Gasteiger partial charge in [-0.25, -0.2) is 8.42 Å². The van der Waals surface area contributed by atoms with E-state index in [-0.39, 0.29) is 35.2 Å². The van der Waals surface area contributed by atoms with Gasteiger partial charge >= 0.3 is 0 Å². The van der Waals surface area contributed by atoms with Crippen LogP contribution in [0.1, 0.15) is 80.1 Å². The number of aromatic nitrogens is 1. The van der Waals surface area contributed by atoms with Crippen LogP contribution < -0.4 is 10.6 Å². The van der Waals surface area contributed by atoms with E-state index >= 15 is 0 Å². The van der Waals surface area contributed by atoms with Crippen molar-refractivity contribution in [3.05, 3.63) is 87.7 Å². The van der Waals surface area contributed by atoms with Gasteiger partial charge in [0.05, 0.1) is 17.0 Å². The number of nitrogens with one attached hydrogen (secondary N) is 2. The molecule has 1 aliphatic carbocycles. The number of aryl methyl sites for hydroxylation is 2. The van der Waals surface area contributed by atoms with Gasteiger partial charge in [-0.1, -0.05) is 56.6 Å². The maximum atomic E-state index is 13.8. The van der Waals surface area contributed by atoms with Gasteiger partial charge < -0.3 is 15.2 Å². The van der Waals surface area contributed by atoms with E-state index < -0.39 is 16.1 Å². The summed E-state index contributed by atoms with van der Waals surface area (Å²) in [4.78, 5) is 13.7. The van der Waals surface area contributed by atoms with E-state index in [4.69, 9.17) is 11.6 Å². The minimum absolute atomic E-state index is 0.0451. The highest BCUT2D eigenvalue weighted by molar-refractivity contribution is 7.89. The molecule has 2 heterocycles. The largest absolute Gasteiger partial charge is 0.349 e. The van der Waals surface area contributed by atoms with Crippen molar-refractivity contribution in [2.75, 3.05) is 13.1 Å². The van der Waals surface area contributed by atoms with Crippen molar-refractivity contribution >= 4 is 27.5 Å². The van der Waals surface area contributed by atoms with Crippen LogP contribution in [0.2, 0.25) is 5.02 Å². The number of carbonyl (C=O) groups is 1. The molecule has 41 heavy (non-hydrogen) atoms. The van der Waals surface area contributed by atoms with Crippen molar-refractivity contribution in [2.45, 2.75) is 83.4 Å². The summed E-state index contributed by atoms with van der Waals surface area (Å²) in [5, 5.41) is 7.20. The topological polar surface area (TPSA) is 83.4 Å². The molecule has 220 valence electrons. The molecule has 2 atom stereocenters. The Morgan fingerprint density at radius 2 is 1.90 bits per heavy atom. The third kappa shape index (κ3) is 6.72. The average molecular weight is 597 g/mol. The number of fused-ring (bicyclic) bond motifs is 2. The van der Waals surface area contributed by atoms with Crippen molar-refractivity contribution < 1.29 is 13.2 Å². The van der Waals surface area contributed by atoms with Crippen molar-refractivity contribution in [1.82, 2.24) is 19.5 Å². The molecule has 2 aromatic carbocycles. The van der Waals surface area contributed by atoms with Crippen LogP contribution in [0.4, 0.5) is 0 Å². The molecule has 3 aromatic rings. The normalized spacial score (nSPS) is 19.4. The van der Waals surface area contributed by atoms with Crippen LogP contribution in [-0.2, 0) is 34.3 Å². The third-order valence-electron chi connectivity index (χ3n) is 8.08. The van der Waals surface area contributed by atoms with Crippen LogP contribution >= 0.6 is 11.6 Å². The molecule has 0 spiro atoms. The monoisotopic (exact) mass is 596 g/mol. The molecule has 5 rings (SSSR count). The first-order valence-corrected chi connectivity index (χ1v) is 16.3. The summed E-state index contributed by atoms with van der Waals surface area (Å²) >= 11 is 6.29. The fraction of sp³-hybridized carbons (Fsp3) is 0.469. The van der Waals surface area contributed by atoms with E-state index in [9.17, 15) is 13.2 Å². The van der Waals surface area contributed by atoms with Gasteiger partial charge in [0, 0.05) is 49.5 Å². The minimum atomic E-state index is -3.87. The molecule has 0 saturated heterocycles. The summed E-state index contributed by atoms with van der Waals surface area (Å²) in [6.45, 7) is 11.1. The molecule has 2 unspecified atom stereocenters. The fourth-order valence-electron chi connectivity index (χ4n) is 5.94. The molecule has 9 heteroatoms. The Kier molecular flexibility index (Phi) is 8.67. The lowest BCUT2D eigenvalue weighted by atomic mass is 9.86. The highest BCUT2D eigenvalue weighted by Crippen LogP contribution is 2.36. The number of sulfonamides is 1. The Morgan fingerprint density at radius 3 is 2.66 bits per heavy atom. The van der Waals surface area contributed by atoms with E-state index in [0.717, 1.165) is 49.2 Å². The average Bonchev–Trinajstić information content (AvgIpc) is 3.39. The first kappa shape index (κ1) is 29.8. The number of rotatable bonds is 8. The Labute approximate surface area is 249 Å². The number of carbonyl (C=O) groups excluding carboxylic acids is 1. The number of benzene rings is 2. The molecule has 2 N–H and O–H groups in total. The molecular weight excluding hydrogens is 556 g/mol. The molecule has 2 aliphatic rings. The highest BCUT2D eigenvalue weighted by Gasteiger charge is 2.38. The van der Waals surface area contributed by atoms with Crippen molar-refractivity contribution in [1.29, 1.82) is 0 Å². The zero-order chi connectivity index (χ0) is 29.4. The summed E-state index contributed by atoms with van der Waals surface area (Å²) in [7, 11) is -3.87. The molecule has 1 amide bonds. The standard InChI is InChI=1S/C32H41ClN4O3S/c1-22-10-12-25(18-27(22)33)41(39,40)37-16-15-36-14-6-9-29(36)30(37)19-31(38)35-28-8-5-7-24-17-23(11-13-26(24)28)20-34-21-32(2,3)4/h6,9-14,17-18,28,30,34H,5,7-8,15-16,19-21H2,1-4H3,(H,35,38). The second-order valence-corrected chi connectivity index (χ2v) is 14.9. The molecular formula is C32H41ClN4O3S. The van der Waals surface area contributed by atoms with Crippen LogP contribution in [-0.4, -0.2) is 36.3 Å². The summed E-state index contributed by atoms with van der Waals surface area (Å²) in [6.07, 6.45) is 4.85. The van der Waals surface area contributed by atoms with Crippen molar-refractivity contribution in [2.24, 2.45) is 5.41 Å². The smallest absolute Gasteiger partial charge is 0.243 e. The first-order chi connectivity index (χ1) is 19.4. The zero-order valence-electron chi connectivity index (χ0n) is 24.4. The van der Waals surface area contributed by atoms with Crippen molar-refractivity contribution in [3.63, 3.8) is 0 Å². The lowest BCUT2D eigenvalue weighted by Crippen LogP contribution is -2.44. The van der Waals surface area contributed by atoms with Crippen LogP contribution in [0.3, 0.4) is 0 Å². The van der Waals surface area contributed by atoms with E-state index in [0.29, 0.717) is 11.6 Å². The lowest BCUT2D eigenvalue weighted by Gasteiger charge is -2.36. The highest BCUT2D eigenvalue weighted by atomic mass is 35.5. The van der Waals surface area contributed by atoms with Gasteiger partial charge in [-0.2, -0.15) is 4.31 Å². The lowest BCUT2D eigenvalue weighted by molar-refractivity contribution is -0.123. The Hall–Kier alpha value is -2.65. The summed E-state index contributed by atoms with van der Waals surface area (Å²) in [5.74, 6) is -0.152. The Bertz CT molecular complexity index is 1530. The van der Waals surface area contributed by atoms with Crippen LogP contribution in [0.15, 0.2) is 59.6 Å². The SMILES string of the molecule is Cc1ccc(S(=O)(=O)N2CCn3cccc3C2CC(=O)NC2CCCc3cc(CNCC(C)(C)C)ccc32)cc1Cl. The predicted octanol–water partition coefficient (Wildman–Crippen LogP) is 5.92. The number of hydrogen-bond donors (Lipinski definition) is 2. The quantitative estimate of drug-likeness (QED) is 0.338. The predicted molar refractivity (Wildman–Crippen MR) is 163 cm³/mol. The van der Waals surface area contributed by atoms with Gasteiger partial charge in [0.2, 0.25) is 15.9 Å². The van der Waals surface area contributed by atoms with Crippen LogP contribution in [0.5, 0.6) is 0 Å². The summed E-state index contributed by atoms with van der Waals surface area (Å²) < 4.78 is 31.1. The molecule has 0 fully saturated rings. The number of hydrogen-bond acceptors (Lipinski definition) is 4. The van der Waals surface area contributed by atoms with E-state index in [2.05, 4.69) is 49.6 Å². The maximum Gasteiger partial charge on any atom is 0.243 e. The Balaban J connectivity index is 1.33. The third-order valence-corrected chi connectivity index (χ3v) is 10.4. The minimum Gasteiger partial charge on any atom is -0.349 e. The molecule has 1 aliphatic heterocycles. The van der Waals surface area contributed by atoms with Gasteiger partial charge in [-0.3, -0.25) is 4.79 Å². The van der Waals surface area contributed by atoms with Gasteiger partial charge in [0.15, 0.2) is 0 Å². The molecule has 1 aromatic heterocycles. The molecule has 0 radical (unpaired) electrons. The van der Waals surface area contributed by atoms with Crippen molar-refractivity contribution in [3.8, 4) is 0 Å². The van der Waals surface area contributed by atoms with E-state index in [1.165, 1.54) is 21.5 Å². The van der Waals surface area contributed by atoms with Gasteiger partial charge in [0.25, 0.3) is 0 Å². The van der Waals surface area contributed by atoms with Gasteiger partial charge in [-0.15, -0.1) is 0 Å². The van der Waals surface area contributed by atoms with Crippen LogP contribution in [0.25, 0.3) is 0 Å². The first-order valence-electron chi connectivity index (χ1n) is 14.5. The molecule has 0 bridgehead atoms. The summed E-state index contributed by atoms with van der Waals surface area (Å²) in [5.41, 5.74) is 5.56. The van der Waals surface area contributed by atoms with E-state index in [1.54, 1.807) is 12.1 Å². The van der Waals surface area contributed by atoms with Gasteiger partial charge in [-0.05, 0) is 78.1 Å². The Morgan fingerprint density at radius 1 is 1.10 bits per heavy atom.